The van der Waals surface area contributed by atoms with Crippen LogP contribution in [0, 0.1) is 0 Å². The minimum Gasteiger partial charge on any atom is -0.462 e. The Bertz CT molecular complexity index is 831. The number of rotatable bonds is 7. The van der Waals surface area contributed by atoms with E-state index in [2.05, 4.69) is 10.6 Å². The summed E-state index contributed by atoms with van der Waals surface area (Å²) in [7, 11) is 0. The van der Waals surface area contributed by atoms with Crippen LogP contribution in [0.2, 0.25) is 0 Å². The van der Waals surface area contributed by atoms with E-state index in [0.29, 0.717) is 11.3 Å². The van der Waals surface area contributed by atoms with Gasteiger partial charge in [-0.2, -0.15) is 0 Å². The van der Waals surface area contributed by atoms with E-state index in [1.54, 1.807) is 38.1 Å². The van der Waals surface area contributed by atoms with Gasteiger partial charge in [0.25, 0.3) is 0 Å². The van der Waals surface area contributed by atoms with Gasteiger partial charge in [-0.1, -0.05) is 36.4 Å². The first-order valence-electron chi connectivity index (χ1n) is 8.61. The molecule has 6 nitrogen and oxygen atoms in total. The van der Waals surface area contributed by atoms with Gasteiger partial charge in [0.1, 0.15) is 6.04 Å². The van der Waals surface area contributed by atoms with Crippen LogP contribution < -0.4 is 10.6 Å². The minimum atomic E-state index is -0.746. The van der Waals surface area contributed by atoms with Gasteiger partial charge >= 0.3 is 5.97 Å². The van der Waals surface area contributed by atoms with Gasteiger partial charge in [-0.15, -0.1) is 0 Å². The van der Waals surface area contributed by atoms with Crippen LogP contribution in [0.4, 0.5) is 5.69 Å². The molecule has 140 valence electrons. The average Bonchev–Trinajstić information content (AvgIpc) is 2.67. The zero-order valence-electron chi connectivity index (χ0n) is 15.3. The van der Waals surface area contributed by atoms with Crippen LogP contribution in [0.25, 0.3) is 6.08 Å². The fourth-order valence-corrected chi connectivity index (χ4v) is 2.25. The maximum atomic E-state index is 12.3. The molecule has 0 aliphatic rings. The zero-order chi connectivity index (χ0) is 19.6. The van der Waals surface area contributed by atoms with Crippen LogP contribution >= 0.6 is 0 Å². The molecule has 1 atom stereocenters. The van der Waals surface area contributed by atoms with Gasteiger partial charge in [-0.25, -0.2) is 4.79 Å². The smallest absolute Gasteiger partial charge is 0.338 e. The van der Waals surface area contributed by atoms with Crippen LogP contribution in [0.1, 0.15) is 29.8 Å². The second kappa shape index (κ2) is 9.91. The monoisotopic (exact) mass is 366 g/mol. The number of nitrogens with one attached hydrogen (secondary N) is 2. The third kappa shape index (κ3) is 6.43. The Morgan fingerprint density at radius 3 is 2.52 bits per heavy atom. The third-order valence-corrected chi connectivity index (χ3v) is 3.62. The van der Waals surface area contributed by atoms with E-state index in [0.717, 1.165) is 5.56 Å². The standard InChI is InChI=1S/C21H22N2O4/c1-3-27-21(26)17-10-7-11-18(14-17)23-20(25)15(2)22-19(24)13-12-16-8-5-4-6-9-16/h4-15H,3H2,1-2H3,(H,22,24)(H,23,25)/b13-12+. The third-order valence-electron chi connectivity index (χ3n) is 3.62. The molecule has 0 saturated heterocycles. The van der Waals surface area contributed by atoms with E-state index >= 15 is 0 Å². The van der Waals surface area contributed by atoms with Crippen molar-refractivity contribution in [2.24, 2.45) is 0 Å². The summed E-state index contributed by atoms with van der Waals surface area (Å²) in [6, 6.07) is 15.1. The molecule has 2 N–H and O–H groups in total. The van der Waals surface area contributed by atoms with Crippen molar-refractivity contribution in [1.82, 2.24) is 5.32 Å². The first-order chi connectivity index (χ1) is 13.0. The molecule has 2 amide bonds. The molecule has 0 aliphatic carbocycles. The highest BCUT2D eigenvalue weighted by Crippen LogP contribution is 2.12. The molecule has 0 radical (unpaired) electrons. The van der Waals surface area contributed by atoms with Crippen molar-refractivity contribution in [2.45, 2.75) is 19.9 Å². The quantitative estimate of drug-likeness (QED) is 0.583. The average molecular weight is 366 g/mol. The molecular formula is C21H22N2O4. The van der Waals surface area contributed by atoms with Gasteiger partial charge in [0.15, 0.2) is 0 Å². The number of benzene rings is 2. The number of anilines is 1. The lowest BCUT2D eigenvalue weighted by molar-refractivity contribution is -0.123. The number of hydrogen-bond acceptors (Lipinski definition) is 4. The van der Waals surface area contributed by atoms with Crippen molar-refractivity contribution in [2.75, 3.05) is 11.9 Å². The minimum absolute atomic E-state index is 0.273. The second-order valence-electron chi connectivity index (χ2n) is 5.76. The van der Waals surface area contributed by atoms with E-state index in [1.807, 2.05) is 30.3 Å². The van der Waals surface area contributed by atoms with Crippen LogP contribution in [0.15, 0.2) is 60.7 Å². The molecular weight excluding hydrogens is 344 g/mol. The predicted molar refractivity (Wildman–Crippen MR) is 104 cm³/mol. The van der Waals surface area contributed by atoms with Crippen molar-refractivity contribution in [3.63, 3.8) is 0 Å². The summed E-state index contributed by atoms with van der Waals surface area (Å²) >= 11 is 0. The van der Waals surface area contributed by atoms with Crippen molar-refractivity contribution in [3.8, 4) is 0 Å². The van der Waals surface area contributed by atoms with Gasteiger partial charge in [0, 0.05) is 11.8 Å². The molecule has 0 saturated carbocycles. The topological polar surface area (TPSA) is 84.5 Å². The predicted octanol–water partition coefficient (Wildman–Crippen LogP) is 3.02. The van der Waals surface area contributed by atoms with Gasteiger partial charge < -0.3 is 15.4 Å². The molecule has 0 spiro atoms. The molecule has 2 aromatic carbocycles. The van der Waals surface area contributed by atoms with E-state index in [1.165, 1.54) is 12.1 Å². The summed E-state index contributed by atoms with van der Waals surface area (Å²) < 4.78 is 4.94. The first kappa shape index (κ1) is 19.9. The Morgan fingerprint density at radius 2 is 1.81 bits per heavy atom. The zero-order valence-corrected chi connectivity index (χ0v) is 15.3. The lowest BCUT2D eigenvalue weighted by atomic mass is 10.2. The molecule has 2 rings (SSSR count). The molecule has 0 aliphatic heterocycles. The number of esters is 1. The van der Waals surface area contributed by atoms with Crippen molar-refractivity contribution in [3.05, 3.63) is 71.8 Å². The van der Waals surface area contributed by atoms with E-state index in [9.17, 15) is 14.4 Å². The molecule has 1 unspecified atom stereocenters. The Morgan fingerprint density at radius 1 is 1.07 bits per heavy atom. The highest BCUT2D eigenvalue weighted by molar-refractivity contribution is 6.00. The summed E-state index contributed by atoms with van der Waals surface area (Å²) in [4.78, 5) is 36.0. The van der Waals surface area contributed by atoms with Crippen LogP contribution in [0.3, 0.4) is 0 Å². The van der Waals surface area contributed by atoms with Crippen molar-refractivity contribution >= 4 is 29.5 Å². The van der Waals surface area contributed by atoms with E-state index in [-0.39, 0.29) is 12.5 Å². The van der Waals surface area contributed by atoms with Gasteiger partial charge in [-0.05, 0) is 43.7 Å². The lowest BCUT2D eigenvalue weighted by Gasteiger charge is -2.13. The van der Waals surface area contributed by atoms with Crippen LogP contribution in [-0.4, -0.2) is 30.4 Å². The number of carbonyl (C=O) groups is 3. The molecule has 0 bridgehead atoms. The second-order valence-corrected chi connectivity index (χ2v) is 5.76. The largest absolute Gasteiger partial charge is 0.462 e. The SMILES string of the molecule is CCOC(=O)c1cccc(NC(=O)C(C)NC(=O)/C=C/c2ccccc2)c1. The van der Waals surface area contributed by atoms with Gasteiger partial charge in [0.2, 0.25) is 11.8 Å². The Labute approximate surface area is 158 Å². The maximum absolute atomic E-state index is 12.3. The molecule has 0 fully saturated rings. The summed E-state index contributed by atoms with van der Waals surface area (Å²) in [6.45, 7) is 3.58. The molecule has 0 aromatic heterocycles. The summed E-state index contributed by atoms with van der Waals surface area (Å²) in [5.41, 5.74) is 1.68. The fraction of sp³-hybridized carbons (Fsp3) is 0.190. The normalized spacial score (nSPS) is 11.6. The maximum Gasteiger partial charge on any atom is 0.338 e. The highest BCUT2D eigenvalue weighted by atomic mass is 16.5. The molecule has 27 heavy (non-hydrogen) atoms. The number of amides is 2. The van der Waals surface area contributed by atoms with Crippen LogP contribution in [0.5, 0.6) is 0 Å². The summed E-state index contributed by atoms with van der Waals surface area (Å²) in [6.07, 6.45) is 3.04. The summed E-state index contributed by atoms with van der Waals surface area (Å²) in [5.74, 6) is -1.22. The van der Waals surface area contributed by atoms with Crippen molar-refractivity contribution in [1.29, 1.82) is 0 Å². The Balaban J connectivity index is 1.91. The fourth-order valence-electron chi connectivity index (χ4n) is 2.25. The number of hydrogen-bond donors (Lipinski definition) is 2. The van der Waals surface area contributed by atoms with Crippen LogP contribution in [-0.2, 0) is 14.3 Å². The highest BCUT2D eigenvalue weighted by Gasteiger charge is 2.15. The Kier molecular flexibility index (Phi) is 7.31. The number of carbonyl (C=O) groups excluding carboxylic acids is 3. The lowest BCUT2D eigenvalue weighted by Crippen LogP contribution is -2.40. The Hall–Kier alpha value is -3.41. The van der Waals surface area contributed by atoms with Gasteiger partial charge in [-0.3, -0.25) is 9.59 Å². The molecule has 6 heteroatoms. The summed E-state index contributed by atoms with van der Waals surface area (Å²) in [5, 5.41) is 5.27. The number of ether oxygens (including phenoxy) is 1. The molecule has 0 heterocycles. The first-order valence-corrected chi connectivity index (χ1v) is 8.61. The van der Waals surface area contributed by atoms with Crippen molar-refractivity contribution < 1.29 is 19.1 Å². The van der Waals surface area contributed by atoms with E-state index < -0.39 is 17.9 Å². The van der Waals surface area contributed by atoms with E-state index in [4.69, 9.17) is 4.74 Å². The van der Waals surface area contributed by atoms with Gasteiger partial charge in [0.05, 0.1) is 12.2 Å². The molecule has 2 aromatic rings.